The molecule has 2 aromatic rings. The molecule has 4 saturated carbocycles. The van der Waals surface area contributed by atoms with Crippen LogP contribution in [0, 0.1) is 22.6 Å². The first-order valence-electron chi connectivity index (χ1n) is 11.7. The summed E-state index contributed by atoms with van der Waals surface area (Å²) in [7, 11) is 1.62. The van der Waals surface area contributed by atoms with Gasteiger partial charge in [0.2, 0.25) is 0 Å². The standard InChI is InChI=1S/C27H33ClFNO2/c1-25-10-18-11-26(2,15-25)17-27(12-18,16-25)30-13-20-8-23(31-3)24(9-21(20)28)32-14-19-6-4-5-7-22(19)29/h4-9,18,30H,10-17H2,1-3H3. The minimum Gasteiger partial charge on any atom is -0.493 e. The lowest BCUT2D eigenvalue weighted by molar-refractivity contribution is -0.118. The van der Waals surface area contributed by atoms with Crippen molar-refractivity contribution in [3.05, 3.63) is 58.4 Å². The molecule has 6 rings (SSSR count). The Morgan fingerprint density at radius 1 is 1.00 bits per heavy atom. The number of nitrogens with one attached hydrogen (secondary N) is 1. The topological polar surface area (TPSA) is 30.5 Å². The fraction of sp³-hybridized carbons (Fsp3) is 0.556. The van der Waals surface area contributed by atoms with Gasteiger partial charge in [0.05, 0.1) is 7.11 Å². The number of hydrogen-bond donors (Lipinski definition) is 1. The fourth-order valence-corrected chi connectivity index (χ4v) is 7.90. The van der Waals surface area contributed by atoms with E-state index in [0.29, 0.717) is 39.5 Å². The highest BCUT2D eigenvalue weighted by Crippen LogP contribution is 2.66. The molecule has 32 heavy (non-hydrogen) atoms. The van der Waals surface area contributed by atoms with E-state index in [1.54, 1.807) is 31.4 Å². The summed E-state index contributed by atoms with van der Waals surface area (Å²) in [5.41, 5.74) is 2.65. The number of halogens is 2. The quantitative estimate of drug-likeness (QED) is 0.490. The maximum Gasteiger partial charge on any atom is 0.163 e. The van der Waals surface area contributed by atoms with Crippen LogP contribution >= 0.6 is 11.6 Å². The second-order valence-corrected chi connectivity index (χ2v) is 11.6. The normalized spacial score (nSPS) is 32.8. The Labute approximate surface area is 195 Å². The van der Waals surface area contributed by atoms with Crippen molar-refractivity contribution in [2.45, 2.75) is 71.1 Å². The van der Waals surface area contributed by atoms with Crippen molar-refractivity contribution in [3.63, 3.8) is 0 Å². The van der Waals surface area contributed by atoms with Crippen LogP contribution in [-0.2, 0) is 13.2 Å². The summed E-state index contributed by atoms with van der Waals surface area (Å²) in [6, 6.07) is 10.4. The molecule has 4 fully saturated rings. The zero-order valence-corrected chi connectivity index (χ0v) is 20.0. The number of ether oxygens (including phenoxy) is 2. The molecule has 0 saturated heterocycles. The monoisotopic (exact) mass is 457 g/mol. The molecule has 2 unspecified atom stereocenters. The van der Waals surface area contributed by atoms with Crippen LogP contribution in [0.5, 0.6) is 11.5 Å². The Bertz CT molecular complexity index is 1010. The van der Waals surface area contributed by atoms with Gasteiger partial charge in [-0.1, -0.05) is 43.6 Å². The fourth-order valence-electron chi connectivity index (χ4n) is 7.68. The molecule has 0 aromatic heterocycles. The highest BCUT2D eigenvalue weighted by molar-refractivity contribution is 6.31. The van der Waals surface area contributed by atoms with Gasteiger partial charge < -0.3 is 14.8 Å². The molecule has 0 aliphatic heterocycles. The third-order valence-corrected chi connectivity index (χ3v) is 8.31. The van der Waals surface area contributed by atoms with Crippen molar-refractivity contribution < 1.29 is 13.9 Å². The summed E-state index contributed by atoms with van der Waals surface area (Å²) in [6.45, 7) is 5.81. The van der Waals surface area contributed by atoms with Crippen molar-refractivity contribution in [2.75, 3.05) is 7.11 Å². The van der Waals surface area contributed by atoms with Crippen LogP contribution in [0.1, 0.15) is 63.5 Å². The molecular weight excluding hydrogens is 425 g/mol. The van der Waals surface area contributed by atoms with Gasteiger partial charge in [0.25, 0.3) is 0 Å². The third-order valence-electron chi connectivity index (χ3n) is 7.95. The van der Waals surface area contributed by atoms with E-state index in [1.807, 2.05) is 6.07 Å². The molecule has 5 heteroatoms. The SMILES string of the molecule is COc1cc(CNC23CC4CC(C)(CC(C)(C4)C2)C3)c(Cl)cc1OCc1ccccc1F. The van der Waals surface area contributed by atoms with E-state index in [0.717, 1.165) is 11.5 Å². The number of benzene rings is 2. The predicted octanol–water partition coefficient (Wildman–Crippen LogP) is 6.91. The van der Waals surface area contributed by atoms with Crippen molar-refractivity contribution in [1.82, 2.24) is 5.32 Å². The van der Waals surface area contributed by atoms with Crippen LogP contribution in [0.3, 0.4) is 0 Å². The summed E-state index contributed by atoms with van der Waals surface area (Å²) in [4.78, 5) is 0. The molecular formula is C27H33ClFNO2. The first-order chi connectivity index (χ1) is 15.2. The van der Waals surface area contributed by atoms with Crippen molar-refractivity contribution in [3.8, 4) is 11.5 Å². The van der Waals surface area contributed by atoms with Gasteiger partial charge in [-0.05, 0) is 73.0 Å². The predicted molar refractivity (Wildman–Crippen MR) is 126 cm³/mol. The maximum absolute atomic E-state index is 13.9. The van der Waals surface area contributed by atoms with Crippen LogP contribution in [-0.4, -0.2) is 12.6 Å². The first-order valence-corrected chi connectivity index (χ1v) is 12.1. The number of rotatable bonds is 7. The second-order valence-electron chi connectivity index (χ2n) is 11.2. The van der Waals surface area contributed by atoms with Gasteiger partial charge in [0, 0.05) is 28.7 Å². The Hall–Kier alpha value is -1.78. The Morgan fingerprint density at radius 3 is 2.38 bits per heavy atom. The molecule has 2 atom stereocenters. The molecule has 2 aromatic carbocycles. The molecule has 0 radical (unpaired) electrons. The molecule has 0 amide bonds. The third kappa shape index (κ3) is 4.12. The van der Waals surface area contributed by atoms with Gasteiger partial charge in [-0.25, -0.2) is 4.39 Å². The van der Waals surface area contributed by atoms with Gasteiger partial charge in [0.1, 0.15) is 12.4 Å². The van der Waals surface area contributed by atoms with Crippen molar-refractivity contribution >= 4 is 11.6 Å². The minimum absolute atomic E-state index is 0.124. The summed E-state index contributed by atoms with van der Waals surface area (Å²) in [5, 5.41) is 4.58. The first kappa shape index (κ1) is 22.0. The van der Waals surface area contributed by atoms with Gasteiger partial charge >= 0.3 is 0 Å². The molecule has 0 spiro atoms. The summed E-state index contributed by atoms with van der Waals surface area (Å²) < 4.78 is 25.4. The van der Waals surface area contributed by atoms with E-state index in [9.17, 15) is 4.39 Å². The van der Waals surface area contributed by atoms with Gasteiger partial charge in [-0.2, -0.15) is 0 Å². The zero-order valence-electron chi connectivity index (χ0n) is 19.3. The van der Waals surface area contributed by atoms with Crippen LogP contribution in [0.2, 0.25) is 5.02 Å². The lowest BCUT2D eigenvalue weighted by Crippen LogP contribution is -2.63. The highest BCUT2D eigenvalue weighted by atomic mass is 35.5. The van der Waals surface area contributed by atoms with Gasteiger partial charge in [0.15, 0.2) is 11.5 Å². The molecule has 1 N–H and O–H groups in total. The summed E-state index contributed by atoms with van der Waals surface area (Å²) in [6.07, 6.45) is 7.91. The molecule has 4 aliphatic rings. The van der Waals surface area contributed by atoms with Crippen LogP contribution in [0.25, 0.3) is 0 Å². The van der Waals surface area contributed by atoms with Crippen molar-refractivity contribution in [2.24, 2.45) is 16.7 Å². The summed E-state index contributed by atoms with van der Waals surface area (Å²) >= 11 is 6.66. The van der Waals surface area contributed by atoms with Crippen LogP contribution in [0.4, 0.5) is 4.39 Å². The molecule has 3 nitrogen and oxygen atoms in total. The number of methoxy groups -OCH3 is 1. The molecule has 4 bridgehead atoms. The number of hydrogen-bond acceptors (Lipinski definition) is 3. The van der Waals surface area contributed by atoms with Crippen LogP contribution < -0.4 is 14.8 Å². The highest BCUT2D eigenvalue weighted by Gasteiger charge is 2.59. The largest absolute Gasteiger partial charge is 0.493 e. The van der Waals surface area contributed by atoms with E-state index < -0.39 is 0 Å². The van der Waals surface area contributed by atoms with E-state index >= 15 is 0 Å². The van der Waals surface area contributed by atoms with Crippen molar-refractivity contribution in [1.29, 1.82) is 0 Å². The van der Waals surface area contributed by atoms with Gasteiger partial charge in [-0.3, -0.25) is 0 Å². The Balaban J connectivity index is 1.31. The zero-order chi connectivity index (χ0) is 22.6. The van der Waals surface area contributed by atoms with Crippen LogP contribution in [0.15, 0.2) is 36.4 Å². The second kappa shape index (κ2) is 7.92. The molecule has 0 heterocycles. The van der Waals surface area contributed by atoms with E-state index in [-0.39, 0.29) is 18.0 Å². The maximum atomic E-state index is 13.9. The molecule has 4 aliphatic carbocycles. The Kier molecular flexibility index (Phi) is 5.45. The average Bonchev–Trinajstić information content (AvgIpc) is 2.70. The van der Waals surface area contributed by atoms with E-state index in [4.69, 9.17) is 21.1 Å². The average molecular weight is 458 g/mol. The molecule has 172 valence electrons. The smallest absolute Gasteiger partial charge is 0.163 e. The lowest BCUT2D eigenvalue weighted by Gasteiger charge is -2.65. The van der Waals surface area contributed by atoms with E-state index in [1.165, 1.54) is 44.6 Å². The lowest BCUT2D eigenvalue weighted by atomic mass is 9.43. The Morgan fingerprint density at radius 2 is 1.72 bits per heavy atom. The van der Waals surface area contributed by atoms with E-state index in [2.05, 4.69) is 19.2 Å². The minimum atomic E-state index is -0.281. The van der Waals surface area contributed by atoms with Gasteiger partial charge in [-0.15, -0.1) is 0 Å². The summed E-state index contributed by atoms with van der Waals surface area (Å²) in [5.74, 6) is 1.70.